The van der Waals surface area contributed by atoms with Gasteiger partial charge in [0.05, 0.1) is 5.46 Å². The van der Waals surface area contributed by atoms with Crippen LogP contribution in [0.1, 0.15) is 11.1 Å². The van der Waals surface area contributed by atoms with E-state index in [1.54, 1.807) is 0 Å². The molecule has 0 saturated carbocycles. The molecule has 0 unspecified atom stereocenters. The highest BCUT2D eigenvalue weighted by atomic mass is 16.5. The number of hydrogen-bond donors (Lipinski definition) is 0. The van der Waals surface area contributed by atoms with E-state index in [2.05, 4.69) is 115 Å². The number of benzene rings is 7. The van der Waals surface area contributed by atoms with Gasteiger partial charge in [0.1, 0.15) is 23.0 Å². The standard InChI is InChI=1S/C47H27BN2O3/c1-2-9-27(10-3-1)28-21-23-29(24-22-28)32-13-5-15-34-35-16-6-14-33(37(35)26-36(32)34)30-11-4-12-31(25-30)45-49-46-44-47(50-45)53-41-20-8-18-39-43(41)48(44)42-38(51-39)17-7-19-40(42)52-46/h1-25H,26H2. The summed E-state index contributed by atoms with van der Waals surface area (Å²) in [6, 6.07) is 53.2. The van der Waals surface area contributed by atoms with Crippen molar-refractivity contribution in [2.24, 2.45) is 0 Å². The zero-order chi connectivity index (χ0) is 34.6. The van der Waals surface area contributed by atoms with Crippen molar-refractivity contribution in [1.29, 1.82) is 0 Å². The largest absolute Gasteiger partial charge is 0.458 e. The summed E-state index contributed by atoms with van der Waals surface area (Å²) in [6.45, 7) is -0.116. The van der Waals surface area contributed by atoms with Crippen LogP contribution in [0.15, 0.2) is 152 Å². The Bertz CT molecular complexity index is 2770. The van der Waals surface area contributed by atoms with E-state index >= 15 is 0 Å². The Kier molecular flexibility index (Phi) is 5.86. The molecule has 3 aliphatic heterocycles. The van der Waals surface area contributed by atoms with E-state index in [-0.39, 0.29) is 6.71 Å². The number of hydrogen-bond acceptors (Lipinski definition) is 5. The second kappa shape index (κ2) is 10.8. The Balaban J connectivity index is 0.922. The third-order valence-corrected chi connectivity index (χ3v) is 11.2. The van der Waals surface area contributed by atoms with Gasteiger partial charge in [0, 0.05) is 16.5 Å². The van der Waals surface area contributed by atoms with Gasteiger partial charge >= 0.3 is 0 Å². The van der Waals surface area contributed by atoms with Gasteiger partial charge < -0.3 is 14.2 Å². The summed E-state index contributed by atoms with van der Waals surface area (Å²) in [6.07, 6.45) is 0.858. The molecule has 6 heteroatoms. The molecular weight excluding hydrogens is 651 g/mol. The smallest absolute Gasteiger partial charge is 0.274 e. The second-order valence-corrected chi connectivity index (χ2v) is 14.0. The van der Waals surface area contributed by atoms with E-state index in [4.69, 9.17) is 24.2 Å². The fraction of sp³-hybridized carbons (Fsp3) is 0.0213. The summed E-state index contributed by atoms with van der Waals surface area (Å²) >= 11 is 0. The molecule has 4 heterocycles. The number of aromatic nitrogens is 2. The third-order valence-electron chi connectivity index (χ3n) is 11.2. The van der Waals surface area contributed by atoms with Crippen molar-refractivity contribution in [1.82, 2.24) is 9.97 Å². The topological polar surface area (TPSA) is 53.5 Å². The molecule has 0 saturated heterocycles. The van der Waals surface area contributed by atoms with Crippen molar-refractivity contribution < 1.29 is 14.2 Å². The molecule has 53 heavy (non-hydrogen) atoms. The molecule has 0 bridgehead atoms. The van der Waals surface area contributed by atoms with Gasteiger partial charge in [0.2, 0.25) is 11.8 Å². The maximum absolute atomic E-state index is 6.49. The molecule has 7 aromatic carbocycles. The van der Waals surface area contributed by atoms with Crippen molar-refractivity contribution in [3.05, 3.63) is 163 Å². The maximum atomic E-state index is 6.49. The predicted molar refractivity (Wildman–Crippen MR) is 210 cm³/mol. The van der Waals surface area contributed by atoms with E-state index in [0.717, 1.165) is 56.9 Å². The molecule has 4 aliphatic rings. The van der Waals surface area contributed by atoms with E-state index in [9.17, 15) is 0 Å². The Hall–Kier alpha value is -6.92. The zero-order valence-corrected chi connectivity index (χ0v) is 28.3. The van der Waals surface area contributed by atoms with Crippen LogP contribution in [-0.2, 0) is 6.42 Å². The highest BCUT2D eigenvalue weighted by Gasteiger charge is 2.47. The molecule has 1 aliphatic carbocycles. The molecule has 0 spiro atoms. The predicted octanol–water partition coefficient (Wildman–Crippen LogP) is 9.55. The molecule has 12 rings (SSSR count). The molecular formula is C47H27BN2O3. The average Bonchev–Trinajstić information content (AvgIpc) is 3.61. The van der Waals surface area contributed by atoms with Crippen LogP contribution in [0.4, 0.5) is 0 Å². The molecule has 0 amide bonds. The monoisotopic (exact) mass is 678 g/mol. The average molecular weight is 679 g/mol. The lowest BCUT2D eigenvalue weighted by molar-refractivity contribution is 0.425. The highest BCUT2D eigenvalue weighted by Crippen LogP contribution is 2.46. The van der Waals surface area contributed by atoms with Crippen molar-refractivity contribution in [3.8, 4) is 90.7 Å². The summed E-state index contributed by atoms with van der Waals surface area (Å²) in [5.41, 5.74) is 16.3. The van der Waals surface area contributed by atoms with Gasteiger partial charge in [-0.05, 0) is 92.4 Å². The minimum Gasteiger partial charge on any atom is -0.458 e. The first-order chi connectivity index (χ1) is 26.2. The Morgan fingerprint density at radius 3 is 1.49 bits per heavy atom. The number of rotatable bonds is 4. The SMILES string of the molecule is c1ccc(-c2ccc(-c3cccc4c3Cc3c(-c5cccc(-c6nc7c8c(n6)Oc6cccc9c6B8c6c(cccc6O7)O9)c5)cccc3-4)cc2)cc1. The first-order valence-electron chi connectivity index (χ1n) is 18.0. The summed E-state index contributed by atoms with van der Waals surface area (Å²) < 4.78 is 19.3. The van der Waals surface area contributed by atoms with E-state index < -0.39 is 0 Å². The van der Waals surface area contributed by atoms with Gasteiger partial charge in [-0.15, -0.1) is 0 Å². The van der Waals surface area contributed by atoms with Crippen molar-refractivity contribution in [2.45, 2.75) is 6.42 Å². The van der Waals surface area contributed by atoms with Gasteiger partial charge in [-0.2, -0.15) is 9.97 Å². The van der Waals surface area contributed by atoms with E-state index in [1.807, 2.05) is 36.4 Å². The van der Waals surface area contributed by atoms with Crippen molar-refractivity contribution in [2.75, 3.05) is 0 Å². The minimum absolute atomic E-state index is 0.116. The summed E-state index contributed by atoms with van der Waals surface area (Å²) in [5, 5.41) is 0. The van der Waals surface area contributed by atoms with Crippen LogP contribution in [0.25, 0.3) is 55.9 Å². The van der Waals surface area contributed by atoms with Gasteiger partial charge in [0.25, 0.3) is 6.71 Å². The second-order valence-electron chi connectivity index (χ2n) is 14.0. The van der Waals surface area contributed by atoms with E-state index in [0.29, 0.717) is 17.6 Å². The molecule has 0 N–H and O–H groups in total. The van der Waals surface area contributed by atoms with Crippen LogP contribution in [0.2, 0.25) is 0 Å². The summed E-state index contributed by atoms with van der Waals surface area (Å²) in [4.78, 5) is 10.1. The minimum atomic E-state index is -0.116. The van der Waals surface area contributed by atoms with Gasteiger partial charge in [-0.3, -0.25) is 0 Å². The fourth-order valence-corrected chi connectivity index (χ4v) is 8.77. The molecule has 246 valence electrons. The van der Waals surface area contributed by atoms with Crippen LogP contribution >= 0.6 is 0 Å². The van der Waals surface area contributed by atoms with Gasteiger partial charge in [-0.25, -0.2) is 0 Å². The number of fused-ring (bicyclic) bond motifs is 3. The van der Waals surface area contributed by atoms with Crippen LogP contribution in [0, 0.1) is 0 Å². The quantitative estimate of drug-likeness (QED) is 0.174. The van der Waals surface area contributed by atoms with E-state index in [1.165, 1.54) is 50.1 Å². The molecule has 0 fully saturated rings. The Morgan fingerprint density at radius 2 is 0.849 bits per heavy atom. The lowest BCUT2D eigenvalue weighted by Gasteiger charge is -2.36. The molecule has 0 radical (unpaired) electrons. The summed E-state index contributed by atoms with van der Waals surface area (Å²) in [7, 11) is 0. The first kappa shape index (κ1) is 28.7. The zero-order valence-electron chi connectivity index (χ0n) is 28.3. The van der Waals surface area contributed by atoms with Crippen molar-refractivity contribution >= 4 is 23.1 Å². The Morgan fingerprint density at radius 1 is 0.377 bits per heavy atom. The normalized spacial score (nSPS) is 13.2. The fourth-order valence-electron chi connectivity index (χ4n) is 8.77. The Labute approximate surface area is 306 Å². The van der Waals surface area contributed by atoms with Crippen LogP contribution < -0.4 is 30.6 Å². The maximum Gasteiger partial charge on any atom is 0.274 e. The van der Waals surface area contributed by atoms with Crippen LogP contribution in [0.3, 0.4) is 0 Å². The molecule has 0 atom stereocenters. The van der Waals surface area contributed by atoms with Crippen LogP contribution in [-0.4, -0.2) is 16.7 Å². The van der Waals surface area contributed by atoms with Crippen molar-refractivity contribution in [3.63, 3.8) is 0 Å². The molecule has 1 aromatic heterocycles. The molecule has 8 aromatic rings. The van der Waals surface area contributed by atoms with Gasteiger partial charge in [0.15, 0.2) is 5.82 Å². The summed E-state index contributed by atoms with van der Waals surface area (Å²) in [5.74, 6) is 4.68. The number of ether oxygens (including phenoxy) is 3. The first-order valence-corrected chi connectivity index (χ1v) is 18.0. The highest BCUT2D eigenvalue weighted by molar-refractivity contribution is 6.99. The lowest BCUT2D eigenvalue weighted by atomic mass is 9.34. The van der Waals surface area contributed by atoms with Crippen LogP contribution in [0.5, 0.6) is 34.8 Å². The lowest BCUT2D eigenvalue weighted by Crippen LogP contribution is -2.60. The third kappa shape index (κ3) is 4.20. The number of nitrogens with zero attached hydrogens (tertiary/aromatic N) is 2. The molecule has 5 nitrogen and oxygen atoms in total. The van der Waals surface area contributed by atoms with Gasteiger partial charge in [-0.1, -0.05) is 121 Å².